The quantitative estimate of drug-likeness (QED) is 0.412. The van der Waals surface area contributed by atoms with Gasteiger partial charge in [-0.3, -0.25) is 14.3 Å². The maximum Gasteiger partial charge on any atom is 0.260 e. The van der Waals surface area contributed by atoms with Crippen LogP contribution < -0.4 is 10.3 Å². The van der Waals surface area contributed by atoms with E-state index < -0.39 is 27.5 Å². The van der Waals surface area contributed by atoms with E-state index in [1.54, 1.807) is 17.6 Å². The van der Waals surface area contributed by atoms with Crippen LogP contribution in [0.1, 0.15) is 22.7 Å². The van der Waals surface area contributed by atoms with Crippen molar-refractivity contribution in [2.45, 2.75) is 24.4 Å². The number of ether oxygens (including phenoxy) is 1. The van der Waals surface area contributed by atoms with Crippen LogP contribution in [0.4, 0.5) is 13.2 Å². The van der Waals surface area contributed by atoms with Crippen molar-refractivity contribution in [3.63, 3.8) is 0 Å². The molecule has 2 aromatic carbocycles. The van der Waals surface area contributed by atoms with Gasteiger partial charge in [0, 0.05) is 56.0 Å². The molecule has 0 saturated carbocycles. The maximum absolute atomic E-state index is 15.5. The number of sulfonamides is 1. The maximum atomic E-state index is 15.5. The molecule has 3 heterocycles. The van der Waals surface area contributed by atoms with Crippen LogP contribution in [-0.4, -0.2) is 74.0 Å². The third-order valence-electron chi connectivity index (χ3n) is 7.65. The van der Waals surface area contributed by atoms with Crippen LogP contribution >= 0.6 is 11.8 Å². The van der Waals surface area contributed by atoms with E-state index in [2.05, 4.69) is 4.90 Å². The minimum absolute atomic E-state index is 0.0156. The first kappa shape index (κ1) is 28.7. The van der Waals surface area contributed by atoms with E-state index >= 15 is 4.39 Å². The number of rotatable bonds is 7. The van der Waals surface area contributed by atoms with E-state index in [4.69, 9.17) is 4.74 Å². The van der Waals surface area contributed by atoms with Gasteiger partial charge in [0.1, 0.15) is 11.6 Å². The summed E-state index contributed by atoms with van der Waals surface area (Å²) in [6.07, 6.45) is 1.08. The van der Waals surface area contributed by atoms with Crippen molar-refractivity contribution < 1.29 is 26.3 Å². The average Bonchev–Trinajstić information content (AvgIpc) is 3.32. The predicted molar refractivity (Wildman–Crippen MR) is 149 cm³/mol. The summed E-state index contributed by atoms with van der Waals surface area (Å²) in [6.45, 7) is 3.89. The standard InChI is InChI=1S/C28H30F3N3O4S2/c1-17-20(14-21-22(29)7-5-8-23(21)30)28-34(27(35)25(17)19-6-4-9-24(38-2)26(19)31)18(16-39-28)15-32-10-12-33(13-11-32)40(3,36)37/h4-9,18H,10-16H2,1-3H3. The molecule has 1 fully saturated rings. The summed E-state index contributed by atoms with van der Waals surface area (Å²) in [6, 6.07) is 7.95. The Kier molecular flexibility index (Phi) is 8.06. The van der Waals surface area contributed by atoms with Gasteiger partial charge in [-0.1, -0.05) is 18.2 Å². The van der Waals surface area contributed by atoms with Crippen molar-refractivity contribution >= 4 is 21.8 Å². The molecule has 5 rings (SSSR count). The summed E-state index contributed by atoms with van der Waals surface area (Å²) in [5, 5.41) is 0.608. The van der Waals surface area contributed by atoms with Gasteiger partial charge in [0.05, 0.1) is 30.0 Å². The highest BCUT2D eigenvalue weighted by atomic mass is 32.2. The van der Waals surface area contributed by atoms with Gasteiger partial charge in [0.15, 0.2) is 11.6 Å². The molecule has 2 aliphatic rings. The Morgan fingerprint density at radius 3 is 2.27 bits per heavy atom. The Labute approximate surface area is 235 Å². The molecule has 0 spiro atoms. The van der Waals surface area contributed by atoms with Crippen molar-refractivity contribution in [2.24, 2.45) is 0 Å². The van der Waals surface area contributed by atoms with Crippen LogP contribution in [0.25, 0.3) is 11.1 Å². The monoisotopic (exact) mass is 593 g/mol. The summed E-state index contributed by atoms with van der Waals surface area (Å²) in [5.41, 5.74) is 0.703. The highest BCUT2D eigenvalue weighted by Gasteiger charge is 2.34. The van der Waals surface area contributed by atoms with E-state index in [1.165, 1.54) is 59.8 Å². The van der Waals surface area contributed by atoms with E-state index in [0.717, 1.165) is 0 Å². The van der Waals surface area contributed by atoms with E-state index in [-0.39, 0.29) is 40.5 Å². The lowest BCUT2D eigenvalue weighted by molar-refractivity contribution is 0.169. The van der Waals surface area contributed by atoms with Crippen LogP contribution in [0.2, 0.25) is 0 Å². The third-order valence-corrected chi connectivity index (χ3v) is 10.2. The molecule has 1 aromatic heterocycles. The first-order chi connectivity index (χ1) is 19.0. The van der Waals surface area contributed by atoms with Gasteiger partial charge in [0.25, 0.3) is 5.56 Å². The molecule has 0 radical (unpaired) electrons. The highest BCUT2D eigenvalue weighted by Crippen LogP contribution is 2.41. The smallest absolute Gasteiger partial charge is 0.260 e. The lowest BCUT2D eigenvalue weighted by Crippen LogP contribution is -2.50. The summed E-state index contributed by atoms with van der Waals surface area (Å²) in [7, 11) is -1.94. The second kappa shape index (κ2) is 11.2. The van der Waals surface area contributed by atoms with E-state index in [9.17, 15) is 22.0 Å². The molecule has 214 valence electrons. The number of aromatic nitrogens is 1. The first-order valence-electron chi connectivity index (χ1n) is 12.8. The van der Waals surface area contributed by atoms with Crippen molar-refractivity contribution in [3.8, 4) is 16.9 Å². The highest BCUT2D eigenvalue weighted by molar-refractivity contribution is 7.99. The minimum atomic E-state index is -3.28. The van der Waals surface area contributed by atoms with Crippen molar-refractivity contribution in [2.75, 3.05) is 51.8 Å². The largest absolute Gasteiger partial charge is 0.494 e. The number of halogens is 3. The molecule has 1 saturated heterocycles. The molecule has 1 atom stereocenters. The predicted octanol–water partition coefficient (Wildman–Crippen LogP) is 4.06. The fourth-order valence-corrected chi connectivity index (χ4v) is 7.71. The molecule has 0 amide bonds. The summed E-state index contributed by atoms with van der Waals surface area (Å²) < 4.78 is 77.0. The number of fused-ring (bicyclic) bond motifs is 1. The van der Waals surface area contributed by atoms with Crippen molar-refractivity contribution in [1.82, 2.24) is 13.8 Å². The zero-order valence-corrected chi connectivity index (χ0v) is 24.0. The number of nitrogens with zero attached hydrogens (tertiary/aromatic N) is 3. The second-order valence-electron chi connectivity index (χ2n) is 10.1. The van der Waals surface area contributed by atoms with Gasteiger partial charge in [-0.2, -0.15) is 4.31 Å². The molecule has 0 bridgehead atoms. The molecule has 40 heavy (non-hydrogen) atoms. The number of pyridine rings is 1. The molecule has 2 aliphatic heterocycles. The average molecular weight is 594 g/mol. The van der Waals surface area contributed by atoms with E-state index in [1.807, 2.05) is 0 Å². The normalized spacial score (nSPS) is 18.2. The Hall–Kier alpha value is -2.80. The van der Waals surface area contributed by atoms with Crippen LogP contribution in [0.3, 0.4) is 0 Å². The van der Waals surface area contributed by atoms with Crippen molar-refractivity contribution in [3.05, 3.63) is 80.9 Å². The molecule has 3 aromatic rings. The lowest BCUT2D eigenvalue weighted by atomic mass is 9.94. The van der Waals surface area contributed by atoms with Gasteiger partial charge in [-0.15, -0.1) is 11.8 Å². The van der Waals surface area contributed by atoms with Gasteiger partial charge in [-0.25, -0.2) is 21.6 Å². The second-order valence-corrected chi connectivity index (χ2v) is 13.1. The number of methoxy groups -OCH3 is 1. The van der Waals surface area contributed by atoms with Crippen LogP contribution in [0, 0.1) is 24.4 Å². The minimum Gasteiger partial charge on any atom is -0.494 e. The number of benzene rings is 2. The topological polar surface area (TPSA) is 71.8 Å². The third kappa shape index (κ3) is 5.29. The zero-order chi connectivity index (χ0) is 28.8. The molecule has 0 N–H and O–H groups in total. The molecule has 0 aliphatic carbocycles. The lowest BCUT2D eigenvalue weighted by Gasteiger charge is -2.34. The van der Waals surface area contributed by atoms with Crippen LogP contribution in [0.5, 0.6) is 5.75 Å². The first-order valence-corrected chi connectivity index (χ1v) is 15.7. The summed E-state index contributed by atoms with van der Waals surface area (Å²) >= 11 is 1.44. The Morgan fingerprint density at radius 1 is 1.00 bits per heavy atom. The van der Waals surface area contributed by atoms with E-state index in [0.29, 0.717) is 54.6 Å². The summed E-state index contributed by atoms with van der Waals surface area (Å²) in [5.74, 6) is -1.55. The molecular formula is C28H30F3N3O4S2. The zero-order valence-electron chi connectivity index (χ0n) is 22.4. The fourth-order valence-electron chi connectivity index (χ4n) is 5.51. The Bertz CT molecular complexity index is 1600. The SMILES string of the molecule is COc1cccc(-c2c(C)c(Cc3c(F)cccc3F)c3n(c2=O)C(CN2CCN(S(C)(=O)=O)CC2)CS3)c1F. The molecular weight excluding hydrogens is 563 g/mol. The number of thioether (sulfide) groups is 1. The molecule has 1 unspecified atom stereocenters. The van der Waals surface area contributed by atoms with Crippen molar-refractivity contribution in [1.29, 1.82) is 0 Å². The van der Waals surface area contributed by atoms with Gasteiger partial charge in [-0.05, 0) is 36.2 Å². The Morgan fingerprint density at radius 2 is 1.65 bits per heavy atom. The van der Waals surface area contributed by atoms with Gasteiger partial charge >= 0.3 is 0 Å². The fraction of sp³-hybridized carbons (Fsp3) is 0.393. The van der Waals surface area contributed by atoms with Crippen LogP contribution in [-0.2, 0) is 16.4 Å². The molecule has 12 heteroatoms. The molecule has 7 nitrogen and oxygen atoms in total. The summed E-state index contributed by atoms with van der Waals surface area (Å²) in [4.78, 5) is 16.2. The number of hydrogen-bond acceptors (Lipinski definition) is 6. The Balaban J connectivity index is 1.61. The van der Waals surface area contributed by atoms with Gasteiger partial charge in [0.2, 0.25) is 10.0 Å². The van der Waals surface area contributed by atoms with Crippen LogP contribution in [0.15, 0.2) is 46.2 Å². The number of piperazine rings is 1. The van der Waals surface area contributed by atoms with Gasteiger partial charge < -0.3 is 4.74 Å². The number of hydrogen-bond donors (Lipinski definition) is 0.